The van der Waals surface area contributed by atoms with Crippen molar-refractivity contribution in [1.29, 1.82) is 0 Å². The van der Waals surface area contributed by atoms with Gasteiger partial charge in [0, 0.05) is 5.75 Å². The molecule has 1 aliphatic rings. The molecular formula is C13H19BNO5S-. The van der Waals surface area contributed by atoms with E-state index in [1.807, 2.05) is 0 Å². The molecule has 1 aromatic carbocycles. The highest BCUT2D eigenvalue weighted by molar-refractivity contribution is 7.98. The van der Waals surface area contributed by atoms with Crippen molar-refractivity contribution >= 4 is 24.5 Å². The van der Waals surface area contributed by atoms with E-state index >= 15 is 0 Å². The van der Waals surface area contributed by atoms with Gasteiger partial charge in [-0.3, -0.25) is 0 Å². The first kappa shape index (κ1) is 16.2. The van der Waals surface area contributed by atoms with Crippen LogP contribution in [0.15, 0.2) is 12.1 Å². The largest absolute Gasteiger partial charge is 0.669 e. The van der Waals surface area contributed by atoms with Gasteiger partial charge in [0.15, 0.2) is 0 Å². The molecule has 2 rings (SSSR count). The molecule has 1 aromatic rings. The lowest BCUT2D eigenvalue weighted by Gasteiger charge is -2.37. The normalized spacial score (nSPS) is 16.1. The molecule has 0 aliphatic carbocycles. The van der Waals surface area contributed by atoms with E-state index in [0.717, 1.165) is 12.2 Å². The number of hydrogen-bond donors (Lipinski definition) is 4. The number of fused-ring (bicyclic) bond motifs is 1. The summed E-state index contributed by atoms with van der Waals surface area (Å²) in [6.07, 6.45) is 1.34. The summed E-state index contributed by atoms with van der Waals surface area (Å²) < 4.78 is 5.14. The fraction of sp³-hybridized carbons (Fsp3) is 0.462. The number of hydrogen-bond acceptors (Lipinski definition) is 6. The summed E-state index contributed by atoms with van der Waals surface area (Å²) in [6.45, 7) is -2.36. The van der Waals surface area contributed by atoms with Crippen LogP contribution < -0.4 is 10.4 Å². The zero-order chi connectivity index (χ0) is 15.5. The fourth-order valence-electron chi connectivity index (χ4n) is 2.31. The summed E-state index contributed by atoms with van der Waals surface area (Å²) in [5.41, 5.74) is 6.78. The lowest BCUT2D eigenvalue weighted by molar-refractivity contribution is 0.0692. The average Bonchev–Trinajstić information content (AvgIpc) is 2.41. The molecule has 0 amide bonds. The Morgan fingerprint density at radius 3 is 2.86 bits per heavy atom. The molecule has 0 fully saturated rings. The maximum atomic E-state index is 11.5. The highest BCUT2D eigenvalue weighted by atomic mass is 32.2. The van der Waals surface area contributed by atoms with Crippen molar-refractivity contribution in [3.63, 3.8) is 0 Å². The van der Waals surface area contributed by atoms with Crippen LogP contribution in [0.3, 0.4) is 0 Å². The smallest absolute Gasteiger partial charge is 0.430 e. The Bertz CT molecular complexity index is 538. The molecule has 0 spiro atoms. The van der Waals surface area contributed by atoms with Crippen molar-refractivity contribution in [3.05, 3.63) is 28.8 Å². The molecule has 0 atom stereocenters. The van der Waals surface area contributed by atoms with E-state index in [4.69, 9.17) is 10.4 Å². The number of carbonyl (C=O) groups is 1. The van der Waals surface area contributed by atoms with Crippen molar-refractivity contribution in [3.8, 4) is 5.75 Å². The van der Waals surface area contributed by atoms with Crippen LogP contribution in [-0.4, -0.2) is 40.2 Å². The van der Waals surface area contributed by atoms with Crippen LogP contribution in [-0.2, 0) is 12.2 Å². The van der Waals surface area contributed by atoms with Crippen molar-refractivity contribution in [2.45, 2.75) is 24.9 Å². The fourth-order valence-corrected chi connectivity index (χ4v) is 3.29. The Morgan fingerprint density at radius 1 is 1.43 bits per heavy atom. The molecule has 8 heteroatoms. The van der Waals surface area contributed by atoms with E-state index in [1.165, 1.54) is 0 Å². The predicted octanol–water partition coefficient (Wildman–Crippen LogP) is 0.825. The molecule has 1 heterocycles. The Kier molecular flexibility index (Phi) is 5.15. The molecule has 6 nitrogen and oxygen atoms in total. The second-order valence-corrected chi connectivity index (χ2v) is 6.21. The lowest BCUT2D eigenvalue weighted by Crippen LogP contribution is -2.45. The highest BCUT2D eigenvalue weighted by Crippen LogP contribution is 2.36. The van der Waals surface area contributed by atoms with Crippen LogP contribution in [0.5, 0.6) is 5.75 Å². The van der Waals surface area contributed by atoms with Gasteiger partial charge in [0.1, 0.15) is 5.56 Å². The first-order chi connectivity index (χ1) is 9.94. The van der Waals surface area contributed by atoms with E-state index < -0.39 is 12.7 Å². The Morgan fingerprint density at radius 2 is 2.19 bits per heavy atom. The van der Waals surface area contributed by atoms with Crippen LogP contribution in [0.2, 0.25) is 6.32 Å². The Labute approximate surface area is 127 Å². The van der Waals surface area contributed by atoms with Gasteiger partial charge in [0.25, 0.3) is 0 Å². The number of nitrogens with two attached hydrogens (primary N) is 1. The molecule has 1 aliphatic heterocycles. The quantitative estimate of drug-likeness (QED) is 0.454. The van der Waals surface area contributed by atoms with E-state index in [-0.39, 0.29) is 17.6 Å². The number of carboxylic acids is 1. The average molecular weight is 312 g/mol. The summed E-state index contributed by atoms with van der Waals surface area (Å²) in [4.78, 5) is 11.5. The van der Waals surface area contributed by atoms with E-state index in [0.29, 0.717) is 29.8 Å². The van der Waals surface area contributed by atoms with Crippen molar-refractivity contribution in [1.82, 2.24) is 0 Å². The topological polar surface area (TPSA) is 113 Å². The molecule has 0 bridgehead atoms. The SMILES string of the molecule is NCCCSCc1ccc2c(c1C(=O)O)O[B-](O)(O)CC2. The van der Waals surface area contributed by atoms with Crippen LogP contribution >= 0.6 is 11.8 Å². The van der Waals surface area contributed by atoms with Gasteiger partial charge in [-0.2, -0.15) is 11.8 Å². The van der Waals surface area contributed by atoms with Crippen molar-refractivity contribution in [2.24, 2.45) is 5.73 Å². The number of thioether (sulfide) groups is 1. The first-order valence-corrected chi connectivity index (χ1v) is 8.05. The number of aromatic carboxylic acids is 1. The van der Waals surface area contributed by atoms with Gasteiger partial charge in [0.05, 0.1) is 5.75 Å². The molecule has 0 radical (unpaired) electrons. The van der Waals surface area contributed by atoms with Gasteiger partial charge >= 0.3 is 12.7 Å². The lowest BCUT2D eigenvalue weighted by atomic mass is 9.70. The van der Waals surface area contributed by atoms with Gasteiger partial charge < -0.3 is 25.5 Å². The summed E-state index contributed by atoms with van der Waals surface area (Å²) in [5.74, 6) is 0.349. The zero-order valence-corrected chi connectivity index (χ0v) is 12.4. The van der Waals surface area contributed by atoms with E-state index in [9.17, 15) is 19.9 Å². The second kappa shape index (κ2) is 6.70. The summed E-state index contributed by atoms with van der Waals surface area (Å²) in [5, 5.41) is 28.7. The van der Waals surface area contributed by atoms with Crippen LogP contribution in [0.4, 0.5) is 0 Å². The molecule has 0 saturated carbocycles. The standard InChI is InChI=1S/C13H19BNO5S/c15-6-1-7-21-8-10-3-2-9-4-5-14(18,19)20-12(9)11(10)13(16)17/h2-3,18-19H,1,4-8,15H2,(H,16,17)/q-1. The zero-order valence-electron chi connectivity index (χ0n) is 11.6. The minimum atomic E-state index is -2.96. The third-order valence-corrected chi connectivity index (χ3v) is 4.48. The molecule has 21 heavy (non-hydrogen) atoms. The van der Waals surface area contributed by atoms with E-state index in [2.05, 4.69) is 0 Å². The van der Waals surface area contributed by atoms with Crippen LogP contribution in [0.1, 0.15) is 27.9 Å². The van der Waals surface area contributed by atoms with Gasteiger partial charge in [-0.25, -0.2) is 4.79 Å². The summed E-state index contributed by atoms with van der Waals surface area (Å²) in [7, 11) is 0. The maximum absolute atomic E-state index is 11.5. The second-order valence-electron chi connectivity index (χ2n) is 5.10. The highest BCUT2D eigenvalue weighted by Gasteiger charge is 2.32. The minimum Gasteiger partial charge on any atom is -0.669 e. The van der Waals surface area contributed by atoms with Crippen molar-refractivity contribution in [2.75, 3.05) is 12.3 Å². The van der Waals surface area contributed by atoms with Gasteiger partial charge in [0.2, 0.25) is 0 Å². The van der Waals surface area contributed by atoms with Gasteiger partial charge in [-0.15, -0.1) is 0 Å². The van der Waals surface area contributed by atoms with Crippen LogP contribution in [0.25, 0.3) is 0 Å². The number of carboxylic acid groups (broad SMARTS) is 1. The molecule has 0 saturated heterocycles. The molecule has 116 valence electrons. The summed E-state index contributed by atoms with van der Waals surface area (Å²) >= 11 is 1.59. The van der Waals surface area contributed by atoms with Crippen molar-refractivity contribution < 1.29 is 24.6 Å². The molecular weight excluding hydrogens is 293 g/mol. The molecule has 5 N–H and O–H groups in total. The Hall–Kier alpha value is -1.22. The number of aryl methyl sites for hydroxylation is 1. The minimum absolute atomic E-state index is 0.0294. The summed E-state index contributed by atoms with van der Waals surface area (Å²) in [6, 6.07) is 3.57. The van der Waals surface area contributed by atoms with E-state index in [1.54, 1.807) is 23.9 Å². The number of rotatable bonds is 6. The third-order valence-electron chi connectivity index (χ3n) is 3.39. The number of benzene rings is 1. The maximum Gasteiger partial charge on any atom is 0.430 e. The monoisotopic (exact) mass is 312 g/mol. The Balaban J connectivity index is 2.28. The first-order valence-electron chi connectivity index (χ1n) is 6.90. The van der Waals surface area contributed by atoms with Gasteiger partial charge in [-0.1, -0.05) is 18.5 Å². The molecule has 0 aromatic heterocycles. The van der Waals surface area contributed by atoms with Crippen LogP contribution in [0, 0.1) is 0 Å². The predicted molar refractivity (Wildman–Crippen MR) is 82.6 cm³/mol. The van der Waals surface area contributed by atoms with Gasteiger partial charge in [-0.05, 0) is 36.3 Å². The third kappa shape index (κ3) is 3.91. The molecule has 0 unspecified atom stereocenters.